The number of amides is 1. The predicted octanol–water partition coefficient (Wildman–Crippen LogP) is 2.31. The van der Waals surface area contributed by atoms with Crippen molar-refractivity contribution in [1.29, 1.82) is 0 Å². The van der Waals surface area contributed by atoms with E-state index in [0.717, 1.165) is 36.0 Å². The number of ether oxygens (including phenoxy) is 2. The van der Waals surface area contributed by atoms with Crippen LogP contribution >= 0.6 is 15.9 Å². The van der Waals surface area contributed by atoms with Crippen molar-refractivity contribution in [3.8, 4) is 11.5 Å². The third-order valence-corrected chi connectivity index (χ3v) is 4.16. The smallest absolute Gasteiger partial charge is 0.260 e. The summed E-state index contributed by atoms with van der Waals surface area (Å²) in [5.74, 6) is 1.14. The van der Waals surface area contributed by atoms with E-state index in [2.05, 4.69) is 15.9 Å². The summed E-state index contributed by atoms with van der Waals surface area (Å²) in [6, 6.07) is 3.70. The second-order valence-corrected chi connectivity index (χ2v) is 5.90. The molecule has 0 spiro atoms. The maximum atomic E-state index is 12.1. The van der Waals surface area contributed by atoms with Crippen LogP contribution in [0.25, 0.3) is 0 Å². The number of nitrogens with zero attached hydrogens (tertiary/aromatic N) is 1. The van der Waals surface area contributed by atoms with Gasteiger partial charge in [0.05, 0.1) is 11.6 Å². The fourth-order valence-corrected chi connectivity index (χ4v) is 3.00. The molecule has 5 nitrogen and oxygen atoms in total. The molecule has 116 valence electrons. The van der Waals surface area contributed by atoms with Gasteiger partial charge in [0.15, 0.2) is 18.1 Å². The Hall–Kier alpha value is -1.27. The van der Waals surface area contributed by atoms with Gasteiger partial charge in [0.1, 0.15) is 0 Å². The van der Waals surface area contributed by atoms with Gasteiger partial charge in [0.25, 0.3) is 5.91 Å². The first kappa shape index (κ1) is 16.1. The average molecular weight is 357 g/mol. The predicted molar refractivity (Wildman–Crippen MR) is 84.5 cm³/mol. The summed E-state index contributed by atoms with van der Waals surface area (Å²) in [6.07, 6.45) is 3.35. The number of rotatable bonds is 5. The van der Waals surface area contributed by atoms with Gasteiger partial charge in [0.2, 0.25) is 0 Å². The van der Waals surface area contributed by atoms with Crippen LogP contribution in [0.5, 0.6) is 11.5 Å². The highest BCUT2D eigenvalue weighted by molar-refractivity contribution is 9.10. The highest BCUT2D eigenvalue weighted by atomic mass is 79.9. The van der Waals surface area contributed by atoms with Gasteiger partial charge in [0, 0.05) is 19.6 Å². The minimum absolute atomic E-state index is 0.0200. The van der Waals surface area contributed by atoms with Crippen LogP contribution in [0.2, 0.25) is 0 Å². The van der Waals surface area contributed by atoms with Gasteiger partial charge in [-0.15, -0.1) is 0 Å². The number of nitrogens with two attached hydrogens (primary N) is 1. The molecule has 0 atom stereocenters. The molecular weight excluding hydrogens is 336 g/mol. The van der Waals surface area contributed by atoms with Gasteiger partial charge < -0.3 is 20.1 Å². The van der Waals surface area contributed by atoms with Crippen molar-refractivity contribution in [2.24, 2.45) is 5.73 Å². The Bertz CT molecular complexity index is 502. The Morgan fingerprint density at radius 1 is 1.33 bits per heavy atom. The van der Waals surface area contributed by atoms with Crippen LogP contribution in [-0.4, -0.2) is 37.6 Å². The van der Waals surface area contributed by atoms with Crippen LogP contribution in [0.15, 0.2) is 16.6 Å². The van der Waals surface area contributed by atoms with Crippen molar-refractivity contribution in [2.75, 3.05) is 26.8 Å². The quantitative estimate of drug-likeness (QED) is 0.878. The largest absolute Gasteiger partial charge is 0.493 e. The molecule has 1 fully saturated rings. The van der Waals surface area contributed by atoms with E-state index in [1.165, 1.54) is 6.42 Å². The average Bonchev–Trinajstić information content (AvgIpc) is 2.53. The molecule has 0 bridgehead atoms. The summed E-state index contributed by atoms with van der Waals surface area (Å²) >= 11 is 3.44. The first-order chi connectivity index (χ1) is 10.2. The molecule has 1 aromatic carbocycles. The molecule has 1 aliphatic heterocycles. The van der Waals surface area contributed by atoms with E-state index >= 15 is 0 Å². The number of hydrogen-bond donors (Lipinski definition) is 1. The molecule has 0 saturated carbocycles. The lowest BCUT2D eigenvalue weighted by atomic mass is 10.1. The third kappa shape index (κ3) is 4.11. The van der Waals surface area contributed by atoms with Gasteiger partial charge in [-0.2, -0.15) is 0 Å². The lowest BCUT2D eigenvalue weighted by Gasteiger charge is -2.26. The molecule has 0 radical (unpaired) electrons. The summed E-state index contributed by atoms with van der Waals surface area (Å²) in [5.41, 5.74) is 6.57. The highest BCUT2D eigenvalue weighted by Gasteiger charge is 2.19. The first-order valence-corrected chi connectivity index (χ1v) is 7.92. The molecule has 0 aliphatic carbocycles. The van der Waals surface area contributed by atoms with Crippen LogP contribution < -0.4 is 15.2 Å². The van der Waals surface area contributed by atoms with Crippen molar-refractivity contribution in [1.82, 2.24) is 4.90 Å². The second kappa shape index (κ2) is 7.66. The maximum absolute atomic E-state index is 12.1. The number of methoxy groups -OCH3 is 1. The van der Waals surface area contributed by atoms with Crippen LogP contribution in [0.3, 0.4) is 0 Å². The van der Waals surface area contributed by atoms with Crippen LogP contribution in [0, 0.1) is 0 Å². The molecule has 21 heavy (non-hydrogen) atoms. The molecule has 2 N–H and O–H groups in total. The molecule has 0 unspecified atom stereocenters. The van der Waals surface area contributed by atoms with Crippen molar-refractivity contribution < 1.29 is 14.3 Å². The number of likely N-dealkylation sites (tertiary alicyclic amines) is 1. The number of piperidine rings is 1. The van der Waals surface area contributed by atoms with E-state index in [9.17, 15) is 4.79 Å². The van der Waals surface area contributed by atoms with Crippen LogP contribution in [-0.2, 0) is 11.3 Å². The van der Waals surface area contributed by atoms with Gasteiger partial charge in [-0.25, -0.2) is 0 Å². The lowest BCUT2D eigenvalue weighted by molar-refractivity contribution is -0.134. The van der Waals surface area contributed by atoms with Crippen LogP contribution in [0.4, 0.5) is 0 Å². The van der Waals surface area contributed by atoms with E-state index < -0.39 is 0 Å². The van der Waals surface area contributed by atoms with Crippen LogP contribution in [0.1, 0.15) is 24.8 Å². The molecule has 2 rings (SSSR count). The maximum Gasteiger partial charge on any atom is 0.260 e. The highest BCUT2D eigenvalue weighted by Crippen LogP contribution is 2.36. The SMILES string of the molecule is COc1cc(CN)cc(Br)c1OCC(=O)N1CCCCC1. The number of halogens is 1. The summed E-state index contributed by atoms with van der Waals surface area (Å²) in [4.78, 5) is 14.0. The number of benzene rings is 1. The van der Waals surface area contributed by atoms with E-state index in [0.29, 0.717) is 18.0 Å². The molecule has 1 amide bonds. The van der Waals surface area contributed by atoms with Gasteiger partial charge in [-0.05, 0) is 52.9 Å². The topological polar surface area (TPSA) is 64.8 Å². The second-order valence-electron chi connectivity index (χ2n) is 5.04. The third-order valence-electron chi connectivity index (χ3n) is 3.57. The van der Waals surface area contributed by atoms with Crippen molar-refractivity contribution in [3.05, 3.63) is 22.2 Å². The van der Waals surface area contributed by atoms with E-state index in [-0.39, 0.29) is 12.5 Å². The summed E-state index contributed by atoms with van der Waals surface area (Å²) in [5, 5.41) is 0. The van der Waals surface area contributed by atoms with Crippen molar-refractivity contribution in [3.63, 3.8) is 0 Å². The fourth-order valence-electron chi connectivity index (χ4n) is 2.40. The molecule has 6 heteroatoms. The molecule has 1 aromatic rings. The zero-order valence-electron chi connectivity index (χ0n) is 12.2. The zero-order valence-corrected chi connectivity index (χ0v) is 13.8. The van der Waals surface area contributed by atoms with Gasteiger partial charge in [-0.1, -0.05) is 0 Å². The van der Waals surface area contributed by atoms with Crippen molar-refractivity contribution >= 4 is 21.8 Å². The Kier molecular flexibility index (Phi) is 5.87. The Morgan fingerprint density at radius 2 is 2.05 bits per heavy atom. The Morgan fingerprint density at radius 3 is 2.67 bits per heavy atom. The number of hydrogen-bond acceptors (Lipinski definition) is 4. The van der Waals surface area contributed by atoms with E-state index in [1.54, 1.807) is 7.11 Å². The van der Waals surface area contributed by atoms with E-state index in [4.69, 9.17) is 15.2 Å². The number of carbonyl (C=O) groups excluding carboxylic acids is 1. The Balaban J connectivity index is 2.03. The molecule has 0 aromatic heterocycles. The zero-order chi connectivity index (χ0) is 15.2. The number of carbonyl (C=O) groups is 1. The Labute approximate surface area is 133 Å². The normalized spacial score (nSPS) is 14.9. The summed E-state index contributed by atoms with van der Waals surface area (Å²) < 4.78 is 11.7. The van der Waals surface area contributed by atoms with Gasteiger partial charge >= 0.3 is 0 Å². The lowest BCUT2D eigenvalue weighted by Crippen LogP contribution is -2.38. The molecule has 1 saturated heterocycles. The fraction of sp³-hybridized carbons (Fsp3) is 0.533. The van der Waals surface area contributed by atoms with Gasteiger partial charge in [-0.3, -0.25) is 4.79 Å². The minimum Gasteiger partial charge on any atom is -0.493 e. The summed E-state index contributed by atoms with van der Waals surface area (Å²) in [7, 11) is 1.57. The summed E-state index contributed by atoms with van der Waals surface area (Å²) in [6.45, 7) is 2.10. The standard InChI is InChI=1S/C15H21BrN2O3/c1-20-13-8-11(9-17)7-12(16)15(13)21-10-14(19)18-5-3-2-4-6-18/h7-8H,2-6,9-10,17H2,1H3. The molecule has 1 aliphatic rings. The monoisotopic (exact) mass is 356 g/mol. The molecular formula is C15H21BrN2O3. The van der Waals surface area contributed by atoms with E-state index in [1.807, 2.05) is 17.0 Å². The first-order valence-electron chi connectivity index (χ1n) is 7.12. The van der Waals surface area contributed by atoms with Crippen molar-refractivity contribution in [2.45, 2.75) is 25.8 Å². The minimum atomic E-state index is 0.0200. The molecule has 1 heterocycles.